The zero-order chi connectivity index (χ0) is 13.1. The van der Waals surface area contributed by atoms with E-state index in [1.165, 1.54) is 16.8 Å². The van der Waals surface area contributed by atoms with Crippen LogP contribution in [0.2, 0.25) is 0 Å². The summed E-state index contributed by atoms with van der Waals surface area (Å²) < 4.78 is 1.96. The number of rotatable bonds is 4. The van der Waals surface area contributed by atoms with Crippen molar-refractivity contribution < 1.29 is 0 Å². The molecular weight excluding hydrogens is 222 g/mol. The average molecular weight is 243 g/mol. The first-order valence-corrected chi connectivity index (χ1v) is 6.42. The van der Waals surface area contributed by atoms with Gasteiger partial charge in [-0.25, -0.2) is 0 Å². The number of nitrogens with zero attached hydrogens (tertiary/aromatic N) is 2. The molecular formula is C15H21N3. The Hall–Kier alpha value is -1.61. The fraction of sp³-hybridized carbons (Fsp3) is 0.400. The molecule has 1 aromatic heterocycles. The first-order chi connectivity index (χ1) is 8.61. The Morgan fingerprint density at radius 2 is 2.06 bits per heavy atom. The van der Waals surface area contributed by atoms with Crippen molar-refractivity contribution in [2.45, 2.75) is 26.8 Å². The first-order valence-electron chi connectivity index (χ1n) is 6.42. The predicted molar refractivity (Wildman–Crippen MR) is 74.6 cm³/mol. The second-order valence-corrected chi connectivity index (χ2v) is 4.74. The molecule has 0 aliphatic rings. The van der Waals surface area contributed by atoms with Crippen molar-refractivity contribution in [3.05, 3.63) is 52.8 Å². The molecule has 96 valence electrons. The molecule has 0 aliphatic heterocycles. The van der Waals surface area contributed by atoms with Crippen molar-refractivity contribution in [2.24, 2.45) is 7.05 Å². The fourth-order valence-corrected chi connectivity index (χ4v) is 2.35. The molecule has 0 aliphatic carbocycles. The predicted octanol–water partition coefficient (Wildman–Crippen LogP) is 2.74. The van der Waals surface area contributed by atoms with Crippen LogP contribution in [-0.2, 0) is 7.05 Å². The second kappa shape index (κ2) is 5.36. The molecule has 0 saturated heterocycles. The highest BCUT2D eigenvalue weighted by atomic mass is 15.3. The minimum Gasteiger partial charge on any atom is -0.305 e. The van der Waals surface area contributed by atoms with Gasteiger partial charge in [0.05, 0.1) is 17.4 Å². The highest BCUT2D eigenvalue weighted by Crippen LogP contribution is 2.23. The second-order valence-electron chi connectivity index (χ2n) is 4.74. The molecule has 2 rings (SSSR count). The highest BCUT2D eigenvalue weighted by Gasteiger charge is 2.17. The molecule has 1 N–H and O–H groups in total. The summed E-state index contributed by atoms with van der Waals surface area (Å²) in [4.78, 5) is 0. The van der Waals surface area contributed by atoms with E-state index < -0.39 is 0 Å². The van der Waals surface area contributed by atoms with Gasteiger partial charge in [0.2, 0.25) is 0 Å². The minimum absolute atomic E-state index is 0.209. The van der Waals surface area contributed by atoms with Crippen LogP contribution in [0.3, 0.4) is 0 Å². The van der Waals surface area contributed by atoms with Gasteiger partial charge < -0.3 is 5.32 Å². The molecule has 0 amide bonds. The maximum Gasteiger partial charge on any atom is 0.0748 e. The maximum atomic E-state index is 4.44. The normalized spacial score (nSPS) is 12.7. The third kappa shape index (κ3) is 2.62. The molecule has 0 spiro atoms. The van der Waals surface area contributed by atoms with E-state index >= 15 is 0 Å². The number of aryl methyl sites for hydroxylation is 3. The van der Waals surface area contributed by atoms with Gasteiger partial charge >= 0.3 is 0 Å². The molecule has 2 aromatic rings. The van der Waals surface area contributed by atoms with Gasteiger partial charge in [0.25, 0.3) is 0 Å². The van der Waals surface area contributed by atoms with Crippen molar-refractivity contribution in [2.75, 3.05) is 6.54 Å². The molecule has 3 heteroatoms. The van der Waals surface area contributed by atoms with Crippen molar-refractivity contribution in [1.29, 1.82) is 0 Å². The van der Waals surface area contributed by atoms with Crippen LogP contribution in [0.1, 0.15) is 35.5 Å². The average Bonchev–Trinajstić information content (AvgIpc) is 2.65. The van der Waals surface area contributed by atoms with E-state index in [1.54, 1.807) is 0 Å². The smallest absolute Gasteiger partial charge is 0.0748 e. The number of hydrogen-bond acceptors (Lipinski definition) is 2. The summed E-state index contributed by atoms with van der Waals surface area (Å²) in [5.74, 6) is 0. The molecule has 0 fully saturated rings. The van der Waals surface area contributed by atoms with Crippen LogP contribution >= 0.6 is 0 Å². The molecule has 18 heavy (non-hydrogen) atoms. The van der Waals surface area contributed by atoms with Gasteiger partial charge in [0, 0.05) is 7.05 Å². The van der Waals surface area contributed by atoms with Crippen LogP contribution in [0, 0.1) is 13.8 Å². The molecule has 1 atom stereocenters. The summed E-state index contributed by atoms with van der Waals surface area (Å²) in [5.41, 5.74) is 4.84. The van der Waals surface area contributed by atoms with E-state index in [2.05, 4.69) is 54.6 Å². The molecule has 0 bridgehead atoms. The van der Waals surface area contributed by atoms with Crippen LogP contribution in [-0.4, -0.2) is 16.3 Å². The Balaban J connectivity index is 2.42. The quantitative estimate of drug-likeness (QED) is 0.895. The highest BCUT2D eigenvalue weighted by molar-refractivity contribution is 5.31. The lowest BCUT2D eigenvalue weighted by Gasteiger charge is -2.19. The van der Waals surface area contributed by atoms with Gasteiger partial charge in [-0.2, -0.15) is 5.10 Å². The van der Waals surface area contributed by atoms with E-state index in [-0.39, 0.29) is 6.04 Å². The Bertz CT molecular complexity index is 528. The SMILES string of the molecule is CCNC(c1cccc(C)c1)c1cc(C)nn1C. The molecule has 0 saturated carbocycles. The zero-order valence-electron chi connectivity index (χ0n) is 11.6. The lowest BCUT2D eigenvalue weighted by molar-refractivity contribution is 0.572. The van der Waals surface area contributed by atoms with Crippen LogP contribution in [0.15, 0.2) is 30.3 Å². The summed E-state index contributed by atoms with van der Waals surface area (Å²) in [6.45, 7) is 7.22. The van der Waals surface area contributed by atoms with Crippen molar-refractivity contribution >= 4 is 0 Å². The molecule has 0 radical (unpaired) electrons. The monoisotopic (exact) mass is 243 g/mol. The van der Waals surface area contributed by atoms with Crippen LogP contribution in [0.5, 0.6) is 0 Å². The molecule has 1 heterocycles. The Morgan fingerprint density at radius 1 is 1.28 bits per heavy atom. The summed E-state index contributed by atoms with van der Waals surface area (Å²) >= 11 is 0. The summed E-state index contributed by atoms with van der Waals surface area (Å²) in [6, 6.07) is 11.0. The minimum atomic E-state index is 0.209. The van der Waals surface area contributed by atoms with Crippen LogP contribution in [0.25, 0.3) is 0 Å². The summed E-state index contributed by atoms with van der Waals surface area (Å²) in [7, 11) is 2.00. The van der Waals surface area contributed by atoms with E-state index in [4.69, 9.17) is 0 Å². The lowest BCUT2D eigenvalue weighted by atomic mass is 10.0. The molecule has 1 aromatic carbocycles. The van der Waals surface area contributed by atoms with E-state index in [0.29, 0.717) is 0 Å². The molecule has 1 unspecified atom stereocenters. The standard InChI is InChI=1S/C15H21N3/c1-5-16-15(13-8-6-7-11(2)9-13)14-10-12(3)17-18(14)4/h6-10,15-16H,5H2,1-4H3. The third-order valence-corrected chi connectivity index (χ3v) is 3.12. The maximum absolute atomic E-state index is 4.44. The number of nitrogens with one attached hydrogen (secondary N) is 1. The largest absolute Gasteiger partial charge is 0.305 e. The van der Waals surface area contributed by atoms with Gasteiger partial charge in [0.15, 0.2) is 0 Å². The van der Waals surface area contributed by atoms with Gasteiger partial charge in [-0.3, -0.25) is 4.68 Å². The Kier molecular flexibility index (Phi) is 3.82. The van der Waals surface area contributed by atoms with E-state index in [9.17, 15) is 0 Å². The van der Waals surface area contributed by atoms with Gasteiger partial charge in [-0.1, -0.05) is 36.8 Å². The van der Waals surface area contributed by atoms with Crippen molar-refractivity contribution in [3.63, 3.8) is 0 Å². The van der Waals surface area contributed by atoms with Gasteiger partial charge in [-0.05, 0) is 32.0 Å². The lowest BCUT2D eigenvalue weighted by Crippen LogP contribution is -2.24. The number of benzene rings is 1. The molecule has 3 nitrogen and oxygen atoms in total. The fourth-order valence-electron chi connectivity index (χ4n) is 2.35. The topological polar surface area (TPSA) is 29.9 Å². The summed E-state index contributed by atoms with van der Waals surface area (Å²) in [5, 5.41) is 7.97. The van der Waals surface area contributed by atoms with Gasteiger partial charge in [0.1, 0.15) is 0 Å². The Morgan fingerprint density at radius 3 is 2.61 bits per heavy atom. The van der Waals surface area contributed by atoms with Gasteiger partial charge in [-0.15, -0.1) is 0 Å². The first kappa shape index (κ1) is 12.8. The van der Waals surface area contributed by atoms with Crippen molar-refractivity contribution in [1.82, 2.24) is 15.1 Å². The van der Waals surface area contributed by atoms with E-state index in [0.717, 1.165) is 12.2 Å². The number of aromatic nitrogens is 2. The van der Waals surface area contributed by atoms with Crippen LogP contribution in [0.4, 0.5) is 0 Å². The summed E-state index contributed by atoms with van der Waals surface area (Å²) in [6.07, 6.45) is 0. The van der Waals surface area contributed by atoms with Crippen molar-refractivity contribution in [3.8, 4) is 0 Å². The Labute approximate surface area is 109 Å². The van der Waals surface area contributed by atoms with Crippen LogP contribution < -0.4 is 5.32 Å². The van der Waals surface area contributed by atoms with E-state index in [1.807, 2.05) is 18.7 Å². The zero-order valence-corrected chi connectivity index (χ0v) is 11.6. The number of hydrogen-bond donors (Lipinski definition) is 1. The third-order valence-electron chi connectivity index (χ3n) is 3.12.